The lowest BCUT2D eigenvalue weighted by atomic mass is 9.74. The third-order valence-corrected chi connectivity index (χ3v) is 4.35. The van der Waals surface area contributed by atoms with Crippen molar-refractivity contribution >= 4 is 0 Å². The van der Waals surface area contributed by atoms with Crippen molar-refractivity contribution in [2.24, 2.45) is 5.73 Å². The van der Waals surface area contributed by atoms with Crippen LogP contribution < -0.4 is 10.5 Å². The molecule has 0 fully saturated rings. The maximum Gasteiger partial charge on any atom is 0.119 e. The van der Waals surface area contributed by atoms with Crippen LogP contribution >= 0.6 is 0 Å². The highest BCUT2D eigenvalue weighted by Gasteiger charge is 2.33. The summed E-state index contributed by atoms with van der Waals surface area (Å²) in [7, 11) is 1.68. The smallest absolute Gasteiger partial charge is 0.119 e. The number of methoxy groups -OCH3 is 1. The molecule has 0 aliphatic heterocycles. The third kappa shape index (κ3) is 2.74. The first kappa shape index (κ1) is 14.0. The van der Waals surface area contributed by atoms with Crippen LogP contribution in [0.15, 0.2) is 42.5 Å². The molecule has 3 N–H and O–H groups in total. The Kier molecular flexibility index (Phi) is 3.60. The van der Waals surface area contributed by atoms with Gasteiger partial charge in [0.2, 0.25) is 0 Å². The van der Waals surface area contributed by atoms with Crippen LogP contribution in [0, 0.1) is 0 Å². The highest BCUT2D eigenvalue weighted by Crippen LogP contribution is 2.38. The molecule has 0 amide bonds. The maximum absolute atomic E-state index is 9.64. The van der Waals surface area contributed by atoms with Gasteiger partial charge < -0.3 is 15.6 Å². The molecular formula is C18H21NO2. The van der Waals surface area contributed by atoms with E-state index in [9.17, 15) is 5.11 Å². The monoisotopic (exact) mass is 283 g/mol. The zero-order chi connectivity index (χ0) is 14.9. The van der Waals surface area contributed by atoms with Gasteiger partial charge >= 0.3 is 0 Å². The van der Waals surface area contributed by atoms with Crippen LogP contribution in [0.3, 0.4) is 0 Å². The van der Waals surface area contributed by atoms with Gasteiger partial charge in [0, 0.05) is 5.54 Å². The second-order valence-corrected chi connectivity index (χ2v) is 5.88. The summed E-state index contributed by atoms with van der Waals surface area (Å²) in [6.07, 6.45) is 3.83. The van der Waals surface area contributed by atoms with Gasteiger partial charge in [0.1, 0.15) is 11.5 Å². The second kappa shape index (κ2) is 5.41. The molecule has 2 aromatic carbocycles. The minimum absolute atomic E-state index is 0.290. The number of hydrogen-bond donors (Lipinski definition) is 2. The first-order valence-electron chi connectivity index (χ1n) is 7.35. The van der Waals surface area contributed by atoms with Crippen LogP contribution in [0.5, 0.6) is 11.5 Å². The summed E-state index contributed by atoms with van der Waals surface area (Å²) in [5.41, 5.74) is 9.90. The van der Waals surface area contributed by atoms with Gasteiger partial charge in [0.25, 0.3) is 0 Å². The largest absolute Gasteiger partial charge is 0.508 e. The van der Waals surface area contributed by atoms with E-state index in [0.29, 0.717) is 0 Å². The zero-order valence-corrected chi connectivity index (χ0v) is 12.3. The quantitative estimate of drug-likeness (QED) is 0.910. The van der Waals surface area contributed by atoms with Crippen LogP contribution in [-0.4, -0.2) is 12.2 Å². The fourth-order valence-corrected chi connectivity index (χ4v) is 3.31. The van der Waals surface area contributed by atoms with E-state index < -0.39 is 5.54 Å². The number of phenols is 1. The molecule has 3 rings (SSSR count). The van der Waals surface area contributed by atoms with E-state index in [1.165, 1.54) is 11.1 Å². The lowest BCUT2D eigenvalue weighted by molar-refractivity contribution is 0.362. The van der Waals surface area contributed by atoms with Crippen LogP contribution in [0.25, 0.3) is 0 Å². The molecule has 1 aliphatic carbocycles. The Balaban J connectivity index is 1.98. The van der Waals surface area contributed by atoms with Gasteiger partial charge in [-0.05, 0) is 66.6 Å². The summed E-state index contributed by atoms with van der Waals surface area (Å²) in [6, 6.07) is 13.5. The number of benzene rings is 2. The van der Waals surface area contributed by atoms with Gasteiger partial charge in [0.05, 0.1) is 7.11 Å². The van der Waals surface area contributed by atoms with Crippen LogP contribution in [0.2, 0.25) is 0 Å². The number of phenolic OH excluding ortho intramolecular Hbond substituents is 1. The van der Waals surface area contributed by atoms with Gasteiger partial charge in [0.15, 0.2) is 0 Å². The van der Waals surface area contributed by atoms with Gasteiger partial charge in [-0.25, -0.2) is 0 Å². The molecular weight excluding hydrogens is 262 g/mol. The maximum atomic E-state index is 9.64. The SMILES string of the molecule is COc1ccc2c(c1)C(N)(Cc1cccc(O)c1)CCC2. The molecule has 3 heteroatoms. The predicted octanol–water partition coefficient (Wildman–Crippen LogP) is 3.13. The fraction of sp³-hybridized carbons (Fsp3) is 0.333. The lowest BCUT2D eigenvalue weighted by Crippen LogP contribution is -2.42. The van der Waals surface area contributed by atoms with Crippen molar-refractivity contribution in [1.29, 1.82) is 0 Å². The van der Waals surface area contributed by atoms with Gasteiger partial charge in [-0.3, -0.25) is 0 Å². The molecule has 110 valence electrons. The predicted molar refractivity (Wildman–Crippen MR) is 83.6 cm³/mol. The molecule has 0 heterocycles. The average Bonchev–Trinajstić information content (AvgIpc) is 2.47. The van der Waals surface area contributed by atoms with Crippen molar-refractivity contribution in [3.8, 4) is 11.5 Å². The average molecular weight is 283 g/mol. The van der Waals surface area contributed by atoms with E-state index in [1.807, 2.05) is 18.2 Å². The fourth-order valence-electron chi connectivity index (χ4n) is 3.31. The lowest BCUT2D eigenvalue weighted by Gasteiger charge is -2.36. The number of aromatic hydroxyl groups is 1. The molecule has 2 aromatic rings. The van der Waals surface area contributed by atoms with Crippen molar-refractivity contribution in [1.82, 2.24) is 0 Å². The summed E-state index contributed by atoms with van der Waals surface area (Å²) < 4.78 is 5.35. The Labute approximate surface area is 125 Å². The summed E-state index contributed by atoms with van der Waals surface area (Å²) in [5.74, 6) is 1.14. The minimum Gasteiger partial charge on any atom is -0.508 e. The second-order valence-electron chi connectivity index (χ2n) is 5.88. The normalized spacial score (nSPS) is 20.9. The number of aryl methyl sites for hydroxylation is 1. The Morgan fingerprint density at radius 1 is 1.24 bits per heavy atom. The van der Waals surface area contributed by atoms with E-state index in [2.05, 4.69) is 12.1 Å². The molecule has 0 bridgehead atoms. The van der Waals surface area contributed by atoms with Gasteiger partial charge in [-0.1, -0.05) is 18.2 Å². The van der Waals surface area contributed by atoms with Gasteiger partial charge in [-0.15, -0.1) is 0 Å². The molecule has 21 heavy (non-hydrogen) atoms. The third-order valence-electron chi connectivity index (χ3n) is 4.35. The Bertz CT molecular complexity index is 653. The number of ether oxygens (including phenoxy) is 1. The molecule has 3 nitrogen and oxygen atoms in total. The van der Waals surface area contributed by atoms with Gasteiger partial charge in [-0.2, -0.15) is 0 Å². The van der Waals surface area contributed by atoms with Crippen molar-refractivity contribution in [2.45, 2.75) is 31.2 Å². The van der Waals surface area contributed by atoms with E-state index in [1.54, 1.807) is 19.2 Å². The first-order valence-corrected chi connectivity index (χ1v) is 7.35. The Hall–Kier alpha value is -2.00. The molecule has 0 aromatic heterocycles. The molecule has 1 atom stereocenters. The topological polar surface area (TPSA) is 55.5 Å². The van der Waals surface area contributed by atoms with Crippen molar-refractivity contribution in [3.63, 3.8) is 0 Å². The zero-order valence-electron chi connectivity index (χ0n) is 12.3. The van der Waals surface area contributed by atoms with Crippen molar-refractivity contribution in [2.75, 3.05) is 7.11 Å². The van der Waals surface area contributed by atoms with Crippen LogP contribution in [-0.2, 0) is 18.4 Å². The Morgan fingerprint density at radius 3 is 2.86 bits per heavy atom. The summed E-state index contributed by atoms with van der Waals surface area (Å²) >= 11 is 0. The number of nitrogens with two attached hydrogens (primary N) is 1. The first-order chi connectivity index (χ1) is 10.1. The summed E-state index contributed by atoms with van der Waals surface area (Å²) in [4.78, 5) is 0. The van der Waals surface area contributed by atoms with Crippen molar-refractivity contribution < 1.29 is 9.84 Å². The Morgan fingerprint density at radius 2 is 2.10 bits per heavy atom. The van der Waals surface area contributed by atoms with Crippen molar-refractivity contribution in [3.05, 3.63) is 59.2 Å². The minimum atomic E-state index is -0.393. The molecule has 0 spiro atoms. The number of hydrogen-bond acceptors (Lipinski definition) is 3. The van der Waals surface area contributed by atoms with E-state index in [-0.39, 0.29) is 5.75 Å². The number of rotatable bonds is 3. The summed E-state index contributed by atoms with van der Waals surface area (Å²) in [5, 5.41) is 9.64. The standard InChI is InChI=1S/C18H21NO2/c1-21-16-8-7-14-5-3-9-18(19,17(14)11-16)12-13-4-2-6-15(20)10-13/h2,4,6-8,10-11,20H,3,5,9,12,19H2,1H3. The van der Waals surface area contributed by atoms with E-state index in [0.717, 1.165) is 37.0 Å². The highest BCUT2D eigenvalue weighted by molar-refractivity contribution is 5.43. The van der Waals surface area contributed by atoms with E-state index >= 15 is 0 Å². The molecule has 0 radical (unpaired) electrons. The van der Waals surface area contributed by atoms with Crippen LogP contribution in [0.1, 0.15) is 29.5 Å². The van der Waals surface area contributed by atoms with E-state index in [4.69, 9.17) is 10.5 Å². The molecule has 0 saturated heterocycles. The highest BCUT2D eigenvalue weighted by atomic mass is 16.5. The number of fused-ring (bicyclic) bond motifs is 1. The summed E-state index contributed by atoms with van der Waals surface area (Å²) in [6.45, 7) is 0. The molecule has 1 unspecified atom stereocenters. The molecule has 0 saturated carbocycles. The van der Waals surface area contributed by atoms with Crippen LogP contribution in [0.4, 0.5) is 0 Å². The molecule has 1 aliphatic rings.